The van der Waals surface area contributed by atoms with Crippen LogP contribution in [-0.4, -0.2) is 20.4 Å². The highest BCUT2D eigenvalue weighted by molar-refractivity contribution is 7.14. The quantitative estimate of drug-likeness (QED) is 0.610. The maximum absolute atomic E-state index is 12.3. The minimum Gasteiger partial charge on any atom is -0.463 e. The lowest BCUT2D eigenvalue weighted by Crippen LogP contribution is -2.12. The van der Waals surface area contributed by atoms with Crippen molar-refractivity contribution in [2.24, 2.45) is 0 Å². The molecule has 1 N–H and O–H groups in total. The molecule has 0 fully saturated rings. The van der Waals surface area contributed by atoms with E-state index in [1.54, 1.807) is 17.7 Å². The van der Waals surface area contributed by atoms with E-state index in [1.807, 2.05) is 40.5 Å². The van der Waals surface area contributed by atoms with Crippen LogP contribution in [0.5, 0.6) is 0 Å². The van der Waals surface area contributed by atoms with Crippen LogP contribution in [-0.2, 0) is 0 Å². The number of thiazole rings is 2. The third-order valence-electron chi connectivity index (χ3n) is 3.05. The van der Waals surface area contributed by atoms with E-state index in [-0.39, 0.29) is 5.91 Å². The van der Waals surface area contributed by atoms with Crippen LogP contribution in [0.15, 0.2) is 58.1 Å². The Morgan fingerprint density at radius 3 is 2.78 bits per heavy atom. The van der Waals surface area contributed by atoms with Gasteiger partial charge in [-0.05, 0) is 24.3 Å². The number of aromatic nitrogens is 3. The van der Waals surface area contributed by atoms with Gasteiger partial charge in [0.1, 0.15) is 11.4 Å². The summed E-state index contributed by atoms with van der Waals surface area (Å²) in [5.41, 5.74) is 1.06. The SMILES string of the molecule is O=C(Nc1nc(-c2ccco2)cs1)c1csc(-n2cccc2)n1. The fourth-order valence-electron chi connectivity index (χ4n) is 1.98. The Hall–Kier alpha value is -2.71. The Kier molecular flexibility index (Phi) is 3.52. The Morgan fingerprint density at radius 1 is 1.13 bits per heavy atom. The molecule has 0 saturated carbocycles. The monoisotopic (exact) mass is 342 g/mol. The van der Waals surface area contributed by atoms with Crippen LogP contribution in [0.1, 0.15) is 10.5 Å². The molecule has 0 atom stereocenters. The van der Waals surface area contributed by atoms with Crippen molar-refractivity contribution in [3.05, 3.63) is 59.4 Å². The van der Waals surface area contributed by atoms with Gasteiger partial charge in [0.2, 0.25) is 0 Å². The van der Waals surface area contributed by atoms with Crippen molar-refractivity contribution in [1.82, 2.24) is 14.5 Å². The summed E-state index contributed by atoms with van der Waals surface area (Å²) in [5.74, 6) is 0.394. The first kappa shape index (κ1) is 13.9. The van der Waals surface area contributed by atoms with E-state index in [9.17, 15) is 4.79 Å². The van der Waals surface area contributed by atoms with Gasteiger partial charge in [-0.3, -0.25) is 10.1 Å². The van der Waals surface area contributed by atoms with Crippen LogP contribution >= 0.6 is 22.7 Å². The zero-order valence-corrected chi connectivity index (χ0v) is 13.3. The first-order valence-electron chi connectivity index (χ1n) is 6.69. The minimum absolute atomic E-state index is 0.278. The number of rotatable bonds is 4. The fourth-order valence-corrected chi connectivity index (χ4v) is 3.45. The van der Waals surface area contributed by atoms with Gasteiger partial charge in [0.05, 0.1) is 6.26 Å². The summed E-state index contributed by atoms with van der Waals surface area (Å²) in [6.45, 7) is 0. The molecule has 0 aliphatic heterocycles. The highest BCUT2D eigenvalue weighted by atomic mass is 32.1. The number of hydrogen-bond donors (Lipinski definition) is 1. The third-order valence-corrected chi connectivity index (χ3v) is 4.66. The van der Waals surface area contributed by atoms with Crippen molar-refractivity contribution in [3.63, 3.8) is 0 Å². The average molecular weight is 342 g/mol. The molecule has 0 unspecified atom stereocenters. The lowest BCUT2D eigenvalue weighted by molar-refractivity contribution is 0.102. The van der Waals surface area contributed by atoms with Gasteiger partial charge in [-0.2, -0.15) is 0 Å². The van der Waals surface area contributed by atoms with E-state index in [4.69, 9.17) is 4.42 Å². The summed E-state index contributed by atoms with van der Waals surface area (Å²) in [6, 6.07) is 7.44. The van der Waals surface area contributed by atoms with Gasteiger partial charge in [-0.25, -0.2) is 9.97 Å². The Labute approximate surface area is 139 Å². The molecule has 0 aliphatic rings. The van der Waals surface area contributed by atoms with E-state index in [0.717, 1.165) is 5.13 Å². The van der Waals surface area contributed by atoms with Crippen molar-refractivity contribution < 1.29 is 9.21 Å². The normalized spacial score (nSPS) is 10.8. The van der Waals surface area contributed by atoms with E-state index >= 15 is 0 Å². The average Bonchev–Trinajstić information content (AvgIpc) is 3.30. The number of nitrogens with zero attached hydrogens (tertiary/aromatic N) is 3. The second-order valence-corrected chi connectivity index (χ2v) is 6.27. The lowest BCUT2D eigenvalue weighted by Gasteiger charge is -1.98. The maximum Gasteiger partial charge on any atom is 0.276 e. The first-order chi connectivity index (χ1) is 11.3. The van der Waals surface area contributed by atoms with Gasteiger partial charge in [-0.15, -0.1) is 22.7 Å². The number of furan rings is 1. The molecule has 0 spiro atoms. The molecule has 23 heavy (non-hydrogen) atoms. The number of carbonyl (C=O) groups excluding carboxylic acids is 1. The van der Waals surface area contributed by atoms with Crippen molar-refractivity contribution in [2.45, 2.75) is 0 Å². The summed E-state index contributed by atoms with van der Waals surface area (Å²) in [5, 5.41) is 7.58. The predicted octanol–water partition coefficient (Wildman–Crippen LogP) is 3.90. The summed E-state index contributed by atoms with van der Waals surface area (Å²) < 4.78 is 7.15. The van der Waals surface area contributed by atoms with Gasteiger partial charge in [0, 0.05) is 23.2 Å². The number of hydrogen-bond acceptors (Lipinski definition) is 6. The molecule has 8 heteroatoms. The zero-order valence-electron chi connectivity index (χ0n) is 11.7. The lowest BCUT2D eigenvalue weighted by atomic mass is 10.4. The maximum atomic E-state index is 12.3. The summed E-state index contributed by atoms with van der Waals surface area (Å²) in [4.78, 5) is 20.9. The molecule has 1 amide bonds. The molecule has 4 aromatic heterocycles. The summed E-state index contributed by atoms with van der Waals surface area (Å²) >= 11 is 2.75. The number of amides is 1. The number of nitrogens with one attached hydrogen (secondary N) is 1. The highest BCUT2D eigenvalue weighted by Crippen LogP contribution is 2.25. The molecule has 4 rings (SSSR count). The fraction of sp³-hybridized carbons (Fsp3) is 0. The molecule has 0 aliphatic carbocycles. The van der Waals surface area contributed by atoms with Crippen LogP contribution < -0.4 is 5.32 Å². The van der Waals surface area contributed by atoms with Gasteiger partial charge >= 0.3 is 0 Å². The smallest absolute Gasteiger partial charge is 0.276 e. The largest absolute Gasteiger partial charge is 0.463 e. The van der Waals surface area contributed by atoms with E-state index in [0.29, 0.717) is 22.3 Å². The Balaban J connectivity index is 1.50. The molecule has 114 valence electrons. The molecular weight excluding hydrogens is 332 g/mol. The summed E-state index contributed by atoms with van der Waals surface area (Å²) in [7, 11) is 0. The van der Waals surface area contributed by atoms with Crippen LogP contribution in [0.4, 0.5) is 5.13 Å². The van der Waals surface area contributed by atoms with Crippen molar-refractivity contribution in [2.75, 3.05) is 5.32 Å². The molecule has 0 bridgehead atoms. The highest BCUT2D eigenvalue weighted by Gasteiger charge is 2.14. The molecule has 0 aromatic carbocycles. The third kappa shape index (κ3) is 2.81. The van der Waals surface area contributed by atoms with E-state index in [1.165, 1.54) is 22.7 Å². The number of anilines is 1. The van der Waals surface area contributed by atoms with Crippen molar-refractivity contribution in [1.29, 1.82) is 0 Å². The first-order valence-corrected chi connectivity index (χ1v) is 8.45. The topological polar surface area (TPSA) is 73.0 Å². The van der Waals surface area contributed by atoms with Crippen LogP contribution in [0, 0.1) is 0 Å². The molecule has 6 nitrogen and oxygen atoms in total. The second-order valence-electron chi connectivity index (χ2n) is 4.57. The summed E-state index contributed by atoms with van der Waals surface area (Å²) in [6.07, 6.45) is 5.36. The Bertz CT molecular complexity index is 923. The number of carbonyl (C=O) groups is 1. The van der Waals surface area contributed by atoms with Gasteiger partial charge in [-0.1, -0.05) is 0 Å². The minimum atomic E-state index is -0.278. The van der Waals surface area contributed by atoms with E-state index in [2.05, 4.69) is 15.3 Å². The van der Waals surface area contributed by atoms with Crippen LogP contribution in [0.25, 0.3) is 16.6 Å². The Morgan fingerprint density at radius 2 is 2.00 bits per heavy atom. The standard InChI is InChI=1S/C15H10N4O2S2/c20-13(11-9-23-15(17-11)19-5-1-2-6-19)18-14-16-10(8-22-14)12-4-3-7-21-12/h1-9H,(H,16,18,20). The van der Waals surface area contributed by atoms with Crippen LogP contribution in [0.2, 0.25) is 0 Å². The zero-order chi connectivity index (χ0) is 15.6. The molecule has 4 aromatic rings. The van der Waals surface area contributed by atoms with Gasteiger partial charge < -0.3 is 8.98 Å². The van der Waals surface area contributed by atoms with Gasteiger partial charge in [0.25, 0.3) is 5.91 Å². The molecule has 4 heterocycles. The van der Waals surface area contributed by atoms with E-state index < -0.39 is 0 Å². The van der Waals surface area contributed by atoms with Gasteiger partial charge in [0.15, 0.2) is 16.0 Å². The second kappa shape index (κ2) is 5.82. The molecule has 0 saturated heterocycles. The molecule has 0 radical (unpaired) electrons. The van der Waals surface area contributed by atoms with Crippen LogP contribution in [0.3, 0.4) is 0 Å². The van der Waals surface area contributed by atoms with Crippen molar-refractivity contribution in [3.8, 4) is 16.6 Å². The predicted molar refractivity (Wildman–Crippen MR) is 89.2 cm³/mol. The molecular formula is C15H10N4O2S2. The van der Waals surface area contributed by atoms with Crippen molar-refractivity contribution >= 4 is 33.7 Å².